The first-order valence-electron chi connectivity index (χ1n) is 8.58. The molecule has 0 bridgehead atoms. The van der Waals surface area contributed by atoms with Crippen LogP contribution in [-0.4, -0.2) is 60.9 Å². The van der Waals surface area contributed by atoms with Crippen LogP contribution in [-0.2, 0) is 24.5 Å². The molecule has 0 radical (unpaired) electrons. The molecule has 3 rings (SSSR count). The molecule has 1 atom stereocenters. The molecule has 2 saturated heterocycles. The quantitative estimate of drug-likeness (QED) is 0.875. The predicted molar refractivity (Wildman–Crippen MR) is 86.7 cm³/mol. The van der Waals surface area contributed by atoms with Gasteiger partial charge in [0.2, 0.25) is 5.91 Å². The summed E-state index contributed by atoms with van der Waals surface area (Å²) in [5, 5.41) is 8.95. The van der Waals surface area contributed by atoms with E-state index in [1.165, 1.54) is 11.0 Å². The van der Waals surface area contributed by atoms with Crippen LogP contribution in [0.2, 0.25) is 0 Å². The largest absolute Gasteiger partial charge is 0.481 e. The number of nitrogens with zero attached hydrogens (tertiary/aromatic N) is 1. The highest BCUT2D eigenvalue weighted by molar-refractivity contribution is 5.88. The number of carbonyl (C=O) groups excluding carboxylic acids is 1. The van der Waals surface area contributed by atoms with Crippen LogP contribution in [0.1, 0.15) is 24.8 Å². The summed E-state index contributed by atoms with van der Waals surface area (Å²) in [7, 11) is 0. The maximum atomic E-state index is 14.5. The third-order valence-electron chi connectivity index (χ3n) is 5.03. The molecule has 0 aliphatic carbocycles. The standard InChI is InChI=1S/C18H21F2NO5/c19-12-1-2-14(15(20)9-12)18(3-6-25-7-4-18)17(24)21-5-8-26-13(11-21)10-16(22)23/h1-2,9,13H,3-8,10-11H2,(H,22,23). The van der Waals surface area contributed by atoms with Gasteiger partial charge in [0, 0.05) is 37.9 Å². The number of morpholine rings is 1. The van der Waals surface area contributed by atoms with Gasteiger partial charge in [-0.05, 0) is 18.9 Å². The van der Waals surface area contributed by atoms with Crippen molar-refractivity contribution in [3.05, 3.63) is 35.4 Å². The van der Waals surface area contributed by atoms with Crippen molar-refractivity contribution >= 4 is 11.9 Å². The number of halogens is 2. The van der Waals surface area contributed by atoms with Gasteiger partial charge in [-0.1, -0.05) is 6.07 Å². The van der Waals surface area contributed by atoms with Gasteiger partial charge in [-0.2, -0.15) is 0 Å². The highest BCUT2D eigenvalue weighted by atomic mass is 19.1. The summed E-state index contributed by atoms with van der Waals surface area (Å²) in [6.45, 7) is 1.26. The van der Waals surface area contributed by atoms with Crippen LogP contribution in [0.3, 0.4) is 0 Å². The van der Waals surface area contributed by atoms with E-state index in [2.05, 4.69) is 0 Å². The van der Waals surface area contributed by atoms with E-state index in [-0.39, 0.29) is 43.9 Å². The molecule has 26 heavy (non-hydrogen) atoms. The Morgan fingerprint density at radius 1 is 1.23 bits per heavy atom. The van der Waals surface area contributed by atoms with Crippen molar-refractivity contribution in [2.75, 3.05) is 32.9 Å². The van der Waals surface area contributed by atoms with E-state index in [0.717, 1.165) is 12.1 Å². The summed E-state index contributed by atoms with van der Waals surface area (Å²) in [5.41, 5.74) is -0.977. The lowest BCUT2D eigenvalue weighted by molar-refractivity contribution is -0.153. The molecule has 1 aromatic carbocycles. The van der Waals surface area contributed by atoms with Gasteiger partial charge >= 0.3 is 5.97 Å². The average molecular weight is 369 g/mol. The number of carbonyl (C=O) groups is 2. The molecule has 2 heterocycles. The van der Waals surface area contributed by atoms with E-state index < -0.39 is 29.1 Å². The summed E-state index contributed by atoms with van der Waals surface area (Å²) in [5.74, 6) is -2.75. The molecule has 1 aromatic rings. The second-order valence-corrected chi connectivity index (χ2v) is 6.66. The Morgan fingerprint density at radius 3 is 2.62 bits per heavy atom. The SMILES string of the molecule is O=C(O)CC1CN(C(=O)C2(c3ccc(F)cc3F)CCOCC2)CCO1. The van der Waals surface area contributed by atoms with Crippen molar-refractivity contribution in [2.24, 2.45) is 0 Å². The van der Waals surface area contributed by atoms with Gasteiger partial charge < -0.3 is 19.5 Å². The Bertz CT molecular complexity index is 690. The molecule has 142 valence electrons. The number of carboxylic acids is 1. The van der Waals surface area contributed by atoms with Gasteiger partial charge in [-0.25, -0.2) is 8.78 Å². The fourth-order valence-corrected chi connectivity index (χ4v) is 3.72. The van der Waals surface area contributed by atoms with Gasteiger partial charge in [0.25, 0.3) is 0 Å². The summed E-state index contributed by atoms with van der Waals surface area (Å²) in [6.07, 6.45) is -0.227. The molecule has 2 aliphatic heterocycles. The lowest BCUT2D eigenvalue weighted by Gasteiger charge is -2.42. The summed E-state index contributed by atoms with van der Waals surface area (Å²) >= 11 is 0. The van der Waals surface area contributed by atoms with Crippen LogP contribution in [0, 0.1) is 11.6 Å². The fraction of sp³-hybridized carbons (Fsp3) is 0.556. The lowest BCUT2D eigenvalue weighted by atomic mass is 9.72. The van der Waals surface area contributed by atoms with E-state index in [1.54, 1.807) is 0 Å². The van der Waals surface area contributed by atoms with Crippen LogP contribution in [0.25, 0.3) is 0 Å². The molecular weight excluding hydrogens is 348 g/mol. The molecule has 0 saturated carbocycles. The lowest BCUT2D eigenvalue weighted by Crippen LogP contribution is -2.55. The third-order valence-corrected chi connectivity index (χ3v) is 5.03. The van der Waals surface area contributed by atoms with Crippen LogP contribution in [0.15, 0.2) is 18.2 Å². The topological polar surface area (TPSA) is 76.1 Å². The van der Waals surface area contributed by atoms with E-state index in [9.17, 15) is 18.4 Å². The predicted octanol–water partition coefficient (Wildman–Crippen LogP) is 1.72. The number of rotatable bonds is 4. The maximum absolute atomic E-state index is 14.5. The second kappa shape index (κ2) is 7.67. The van der Waals surface area contributed by atoms with E-state index in [4.69, 9.17) is 14.6 Å². The smallest absolute Gasteiger partial charge is 0.306 e. The van der Waals surface area contributed by atoms with Gasteiger partial charge in [0.05, 0.1) is 24.5 Å². The molecule has 1 N–H and O–H groups in total. The Labute approximate surface area is 149 Å². The van der Waals surface area contributed by atoms with Crippen molar-refractivity contribution in [3.63, 3.8) is 0 Å². The van der Waals surface area contributed by atoms with Crippen molar-refractivity contribution in [3.8, 4) is 0 Å². The van der Waals surface area contributed by atoms with Gasteiger partial charge in [-0.3, -0.25) is 9.59 Å². The first kappa shape index (κ1) is 18.7. The molecule has 1 amide bonds. The van der Waals surface area contributed by atoms with Gasteiger partial charge in [0.15, 0.2) is 0 Å². The molecular formula is C18H21F2NO5. The van der Waals surface area contributed by atoms with Crippen LogP contribution in [0.4, 0.5) is 8.78 Å². The van der Waals surface area contributed by atoms with E-state index in [0.29, 0.717) is 19.8 Å². The van der Waals surface area contributed by atoms with Crippen LogP contribution >= 0.6 is 0 Å². The zero-order chi connectivity index (χ0) is 18.7. The normalized spacial score (nSPS) is 22.8. The van der Waals surface area contributed by atoms with Crippen molar-refractivity contribution < 1.29 is 33.0 Å². The average Bonchev–Trinajstić information content (AvgIpc) is 2.61. The minimum atomic E-state index is -1.14. The van der Waals surface area contributed by atoms with Gasteiger partial charge in [0.1, 0.15) is 11.6 Å². The molecule has 1 unspecified atom stereocenters. The Balaban J connectivity index is 1.89. The molecule has 0 spiro atoms. The zero-order valence-corrected chi connectivity index (χ0v) is 14.2. The number of amides is 1. The van der Waals surface area contributed by atoms with E-state index in [1.807, 2.05) is 0 Å². The highest BCUT2D eigenvalue weighted by Gasteiger charge is 2.46. The zero-order valence-electron chi connectivity index (χ0n) is 14.2. The van der Waals surface area contributed by atoms with Gasteiger partial charge in [-0.15, -0.1) is 0 Å². The first-order valence-corrected chi connectivity index (χ1v) is 8.58. The maximum Gasteiger partial charge on any atom is 0.306 e. The summed E-state index contributed by atoms with van der Waals surface area (Å²) < 4.78 is 38.6. The Morgan fingerprint density at radius 2 is 1.96 bits per heavy atom. The molecule has 0 aromatic heterocycles. The van der Waals surface area contributed by atoms with Crippen molar-refractivity contribution in [1.82, 2.24) is 4.90 Å². The number of aliphatic carboxylic acids is 1. The summed E-state index contributed by atoms with van der Waals surface area (Å²) in [4.78, 5) is 25.8. The van der Waals surface area contributed by atoms with E-state index >= 15 is 0 Å². The van der Waals surface area contributed by atoms with Crippen molar-refractivity contribution in [1.29, 1.82) is 0 Å². The number of hydrogen-bond donors (Lipinski definition) is 1. The van der Waals surface area contributed by atoms with Crippen molar-refractivity contribution in [2.45, 2.75) is 30.8 Å². The Hall–Kier alpha value is -2.06. The van der Waals surface area contributed by atoms with Crippen LogP contribution in [0.5, 0.6) is 0 Å². The number of hydrogen-bond acceptors (Lipinski definition) is 4. The summed E-state index contributed by atoms with van der Waals surface area (Å²) in [6, 6.07) is 3.25. The van der Waals surface area contributed by atoms with Crippen LogP contribution < -0.4 is 0 Å². The number of benzene rings is 1. The fourth-order valence-electron chi connectivity index (χ4n) is 3.72. The number of carboxylic acid groups (broad SMARTS) is 1. The third kappa shape index (κ3) is 3.71. The minimum absolute atomic E-state index is 0.135. The monoisotopic (exact) mass is 369 g/mol. The highest BCUT2D eigenvalue weighted by Crippen LogP contribution is 2.38. The molecule has 2 fully saturated rings. The second-order valence-electron chi connectivity index (χ2n) is 6.66. The molecule has 8 heteroatoms. The molecule has 2 aliphatic rings. The Kier molecular flexibility index (Phi) is 5.52. The minimum Gasteiger partial charge on any atom is -0.481 e. The first-order chi connectivity index (χ1) is 12.4. The number of ether oxygens (including phenoxy) is 2. The molecule has 6 nitrogen and oxygen atoms in total.